The summed E-state index contributed by atoms with van der Waals surface area (Å²) in [5, 5.41) is 10.3. The second kappa shape index (κ2) is 7.64. The third-order valence-electron chi connectivity index (χ3n) is 4.60. The molecule has 1 aromatic heterocycles. The van der Waals surface area contributed by atoms with E-state index in [0.29, 0.717) is 22.0 Å². The van der Waals surface area contributed by atoms with Crippen molar-refractivity contribution < 1.29 is 14.3 Å². The highest BCUT2D eigenvalue weighted by Gasteiger charge is 2.31. The summed E-state index contributed by atoms with van der Waals surface area (Å²) in [4.78, 5) is 37.1. The molecule has 7 nitrogen and oxygen atoms in total. The van der Waals surface area contributed by atoms with E-state index < -0.39 is 12.1 Å². The number of fused-ring (bicyclic) bond motifs is 1. The standard InChI is InChI=1S/C21H19N3O4/c25-18(12-17-15-8-4-5-9-16(15)20(26)24-23-17)28-19(13-6-2-1-3-7-13)21(27)22-14-10-11-14/h1-9,14,19H,10-12H2,(H,22,27)(H,24,26)/t19-/m1/s1. The number of carbonyl (C=O) groups excluding carboxylic acids is 2. The van der Waals surface area contributed by atoms with Crippen molar-refractivity contribution in [1.82, 2.24) is 15.5 Å². The Labute approximate surface area is 160 Å². The quantitative estimate of drug-likeness (QED) is 0.640. The third-order valence-corrected chi connectivity index (χ3v) is 4.60. The molecule has 2 N–H and O–H groups in total. The maximum Gasteiger partial charge on any atom is 0.313 e. The van der Waals surface area contributed by atoms with Gasteiger partial charge in [-0.25, -0.2) is 5.10 Å². The first-order valence-electron chi connectivity index (χ1n) is 9.13. The Morgan fingerprint density at radius 1 is 1.07 bits per heavy atom. The molecule has 0 bridgehead atoms. The largest absolute Gasteiger partial charge is 0.447 e. The smallest absolute Gasteiger partial charge is 0.313 e. The third kappa shape index (κ3) is 3.93. The lowest BCUT2D eigenvalue weighted by atomic mass is 10.1. The van der Waals surface area contributed by atoms with Gasteiger partial charge in [0.25, 0.3) is 11.5 Å². The number of amides is 1. The Bertz CT molecular complexity index is 1070. The second-order valence-electron chi connectivity index (χ2n) is 6.79. The number of aromatic amines is 1. The van der Waals surface area contributed by atoms with Gasteiger partial charge < -0.3 is 10.1 Å². The summed E-state index contributed by atoms with van der Waals surface area (Å²) in [5.74, 6) is -0.925. The molecule has 1 fully saturated rings. The summed E-state index contributed by atoms with van der Waals surface area (Å²) in [5.41, 5.74) is 0.682. The Balaban J connectivity index is 1.56. The minimum Gasteiger partial charge on any atom is -0.447 e. The minimum atomic E-state index is -1.02. The number of esters is 1. The SMILES string of the molecule is O=C(Cc1n[nH]c(=O)c2ccccc12)O[C@@H](C(=O)NC1CC1)c1ccccc1. The van der Waals surface area contributed by atoms with Gasteiger partial charge in [-0.1, -0.05) is 48.5 Å². The van der Waals surface area contributed by atoms with E-state index in [2.05, 4.69) is 15.5 Å². The van der Waals surface area contributed by atoms with Gasteiger partial charge in [-0.3, -0.25) is 14.4 Å². The monoisotopic (exact) mass is 377 g/mol. The maximum absolute atomic E-state index is 12.6. The maximum atomic E-state index is 12.6. The molecule has 0 aliphatic heterocycles. The lowest BCUT2D eigenvalue weighted by Crippen LogP contribution is -2.34. The van der Waals surface area contributed by atoms with Crippen LogP contribution in [0.5, 0.6) is 0 Å². The molecule has 1 amide bonds. The summed E-state index contributed by atoms with van der Waals surface area (Å²) in [6, 6.07) is 16.0. The molecule has 3 aromatic rings. The van der Waals surface area contributed by atoms with Gasteiger partial charge in [-0.05, 0) is 18.9 Å². The van der Waals surface area contributed by atoms with E-state index in [1.54, 1.807) is 48.5 Å². The van der Waals surface area contributed by atoms with Gasteiger partial charge in [0.15, 0.2) is 0 Å². The number of rotatable bonds is 6. The fourth-order valence-electron chi connectivity index (χ4n) is 3.02. The first-order chi connectivity index (χ1) is 13.6. The Kier molecular flexibility index (Phi) is 4.89. The van der Waals surface area contributed by atoms with E-state index in [4.69, 9.17) is 4.74 Å². The minimum absolute atomic E-state index is 0.155. The van der Waals surface area contributed by atoms with Crippen molar-refractivity contribution in [3.05, 3.63) is 76.2 Å². The molecule has 0 spiro atoms. The lowest BCUT2D eigenvalue weighted by molar-refractivity contribution is -0.156. The Hall–Kier alpha value is -3.48. The molecule has 1 aliphatic rings. The van der Waals surface area contributed by atoms with Gasteiger partial charge in [-0.2, -0.15) is 5.10 Å². The van der Waals surface area contributed by atoms with E-state index in [9.17, 15) is 14.4 Å². The van der Waals surface area contributed by atoms with Crippen molar-refractivity contribution in [2.75, 3.05) is 0 Å². The molecule has 1 aliphatic carbocycles. The lowest BCUT2D eigenvalue weighted by Gasteiger charge is -2.18. The fourth-order valence-corrected chi connectivity index (χ4v) is 3.02. The number of hydrogen-bond donors (Lipinski definition) is 2. The molecule has 1 atom stereocenters. The van der Waals surface area contributed by atoms with Gasteiger partial charge in [0.05, 0.1) is 17.5 Å². The van der Waals surface area contributed by atoms with Crippen LogP contribution < -0.4 is 10.9 Å². The van der Waals surface area contributed by atoms with Crippen LogP contribution in [0, 0.1) is 0 Å². The van der Waals surface area contributed by atoms with Crippen molar-refractivity contribution in [1.29, 1.82) is 0 Å². The van der Waals surface area contributed by atoms with Gasteiger partial charge in [0.2, 0.25) is 6.10 Å². The first-order valence-corrected chi connectivity index (χ1v) is 9.13. The zero-order valence-corrected chi connectivity index (χ0v) is 15.1. The van der Waals surface area contributed by atoms with Crippen molar-refractivity contribution in [2.24, 2.45) is 0 Å². The fraction of sp³-hybridized carbons (Fsp3) is 0.238. The molecular formula is C21H19N3O4. The number of carbonyl (C=O) groups is 2. The number of H-pyrrole nitrogens is 1. The number of aromatic nitrogens is 2. The summed E-state index contributed by atoms with van der Waals surface area (Å²) in [6.07, 6.45) is 0.698. The Morgan fingerprint density at radius 3 is 2.46 bits per heavy atom. The molecule has 1 heterocycles. The predicted octanol–water partition coefficient (Wildman–Crippen LogP) is 2.03. The zero-order valence-electron chi connectivity index (χ0n) is 15.1. The first kappa shape index (κ1) is 17.9. The van der Waals surface area contributed by atoms with E-state index in [0.717, 1.165) is 12.8 Å². The highest BCUT2D eigenvalue weighted by Crippen LogP contribution is 2.24. The Morgan fingerprint density at radius 2 is 1.75 bits per heavy atom. The van der Waals surface area contributed by atoms with Crippen molar-refractivity contribution in [3.8, 4) is 0 Å². The molecule has 142 valence electrons. The van der Waals surface area contributed by atoms with E-state index in [1.807, 2.05) is 6.07 Å². The van der Waals surface area contributed by atoms with Gasteiger partial charge in [0.1, 0.15) is 0 Å². The number of nitrogens with zero attached hydrogens (tertiary/aromatic N) is 1. The molecule has 0 saturated heterocycles. The van der Waals surface area contributed by atoms with Gasteiger partial charge in [0, 0.05) is 17.0 Å². The van der Waals surface area contributed by atoms with Gasteiger partial charge >= 0.3 is 5.97 Å². The molecule has 0 unspecified atom stereocenters. The topological polar surface area (TPSA) is 101 Å². The van der Waals surface area contributed by atoms with Crippen LogP contribution in [0.2, 0.25) is 0 Å². The van der Waals surface area contributed by atoms with Crippen molar-refractivity contribution >= 4 is 22.6 Å². The number of hydrogen-bond acceptors (Lipinski definition) is 5. The molecule has 28 heavy (non-hydrogen) atoms. The molecule has 1 saturated carbocycles. The number of ether oxygens (including phenoxy) is 1. The molecular weight excluding hydrogens is 358 g/mol. The van der Waals surface area contributed by atoms with E-state index in [1.165, 1.54) is 0 Å². The van der Waals surface area contributed by atoms with E-state index in [-0.39, 0.29) is 23.9 Å². The van der Waals surface area contributed by atoms with Crippen LogP contribution in [-0.2, 0) is 20.7 Å². The van der Waals surface area contributed by atoms with Crippen LogP contribution in [0.4, 0.5) is 0 Å². The summed E-state index contributed by atoms with van der Waals surface area (Å²) in [6.45, 7) is 0. The average molecular weight is 377 g/mol. The molecule has 7 heteroatoms. The van der Waals surface area contributed by atoms with Crippen LogP contribution in [-0.4, -0.2) is 28.1 Å². The summed E-state index contributed by atoms with van der Waals surface area (Å²) in [7, 11) is 0. The van der Waals surface area contributed by atoms with Crippen LogP contribution in [0.25, 0.3) is 10.8 Å². The normalized spacial score (nSPS) is 14.4. The highest BCUT2D eigenvalue weighted by molar-refractivity contribution is 5.89. The summed E-state index contributed by atoms with van der Waals surface area (Å²) < 4.78 is 5.53. The van der Waals surface area contributed by atoms with Crippen LogP contribution >= 0.6 is 0 Å². The number of nitrogens with one attached hydrogen (secondary N) is 2. The predicted molar refractivity (Wildman–Crippen MR) is 103 cm³/mol. The number of benzene rings is 2. The second-order valence-corrected chi connectivity index (χ2v) is 6.79. The van der Waals surface area contributed by atoms with Crippen LogP contribution in [0.3, 0.4) is 0 Å². The van der Waals surface area contributed by atoms with Crippen LogP contribution in [0.15, 0.2) is 59.4 Å². The molecule has 2 aromatic carbocycles. The highest BCUT2D eigenvalue weighted by atomic mass is 16.5. The zero-order chi connectivity index (χ0) is 19.5. The summed E-state index contributed by atoms with van der Waals surface area (Å²) >= 11 is 0. The molecule has 0 radical (unpaired) electrons. The molecule has 4 rings (SSSR count). The van der Waals surface area contributed by atoms with Crippen molar-refractivity contribution in [2.45, 2.75) is 31.4 Å². The van der Waals surface area contributed by atoms with E-state index >= 15 is 0 Å². The van der Waals surface area contributed by atoms with Crippen molar-refractivity contribution in [3.63, 3.8) is 0 Å². The van der Waals surface area contributed by atoms with Crippen LogP contribution in [0.1, 0.15) is 30.2 Å². The van der Waals surface area contributed by atoms with Gasteiger partial charge in [-0.15, -0.1) is 0 Å². The average Bonchev–Trinajstić information content (AvgIpc) is 3.53.